The number of hydrogen-bond acceptors (Lipinski definition) is 6. The molecule has 3 unspecified atom stereocenters. The Labute approximate surface area is 223 Å². The minimum absolute atomic E-state index is 0.00521. The van der Waals surface area contributed by atoms with Crippen molar-refractivity contribution in [1.29, 1.82) is 0 Å². The summed E-state index contributed by atoms with van der Waals surface area (Å²) in [5.41, 5.74) is -0.196. The van der Waals surface area contributed by atoms with Gasteiger partial charge in [-0.15, -0.1) is 0 Å². The lowest BCUT2D eigenvalue weighted by Crippen LogP contribution is -2.63. The smallest absolute Gasteiger partial charge is 0.411 e. The monoisotopic (exact) mass is 515 g/mol. The summed E-state index contributed by atoms with van der Waals surface area (Å²) in [6, 6.07) is 27.1. The lowest BCUT2D eigenvalue weighted by molar-refractivity contribution is -0.190. The lowest BCUT2D eigenvalue weighted by atomic mass is 9.85. The van der Waals surface area contributed by atoms with Gasteiger partial charge >= 0.3 is 18.0 Å². The molecule has 0 radical (unpaired) electrons. The van der Waals surface area contributed by atoms with Crippen molar-refractivity contribution in [2.24, 2.45) is 0 Å². The molecule has 0 spiro atoms. The van der Waals surface area contributed by atoms with Gasteiger partial charge in [0.05, 0.1) is 6.42 Å². The number of cyclic esters (lactones) is 1. The fourth-order valence-corrected chi connectivity index (χ4v) is 4.63. The molecule has 1 saturated heterocycles. The second-order valence-electron chi connectivity index (χ2n) is 10.5. The number of morpholine rings is 1. The number of esters is 2. The van der Waals surface area contributed by atoms with Crippen LogP contribution < -0.4 is 0 Å². The molecule has 3 aromatic rings. The van der Waals surface area contributed by atoms with Gasteiger partial charge in [0.15, 0.2) is 11.6 Å². The molecule has 0 N–H and O–H groups in total. The van der Waals surface area contributed by atoms with Gasteiger partial charge in [-0.1, -0.05) is 91.0 Å². The average Bonchev–Trinajstić information content (AvgIpc) is 2.89. The summed E-state index contributed by atoms with van der Waals surface area (Å²) in [4.78, 5) is 42.0. The van der Waals surface area contributed by atoms with E-state index in [0.29, 0.717) is 0 Å². The van der Waals surface area contributed by atoms with Crippen LogP contribution >= 0.6 is 0 Å². The van der Waals surface area contributed by atoms with Crippen LogP contribution in [0.15, 0.2) is 91.0 Å². The second-order valence-corrected chi connectivity index (χ2v) is 10.5. The van der Waals surface area contributed by atoms with E-state index in [2.05, 4.69) is 0 Å². The highest BCUT2D eigenvalue weighted by Gasteiger charge is 2.57. The van der Waals surface area contributed by atoms with Crippen LogP contribution in [0.1, 0.15) is 63.0 Å². The van der Waals surface area contributed by atoms with Gasteiger partial charge in [-0.25, -0.2) is 9.59 Å². The van der Waals surface area contributed by atoms with Crippen LogP contribution in [0.3, 0.4) is 0 Å². The molecule has 0 saturated carbocycles. The summed E-state index contributed by atoms with van der Waals surface area (Å²) < 4.78 is 17.3. The van der Waals surface area contributed by atoms with Crippen LogP contribution in [0.2, 0.25) is 0 Å². The van der Waals surface area contributed by atoms with Crippen molar-refractivity contribution in [2.75, 3.05) is 0 Å². The van der Waals surface area contributed by atoms with E-state index in [1.807, 2.05) is 91.0 Å². The minimum atomic E-state index is -1.68. The summed E-state index contributed by atoms with van der Waals surface area (Å²) >= 11 is 0. The predicted molar refractivity (Wildman–Crippen MR) is 142 cm³/mol. The second kappa shape index (κ2) is 11.1. The van der Waals surface area contributed by atoms with Crippen LogP contribution in [0.25, 0.3) is 0 Å². The summed E-state index contributed by atoms with van der Waals surface area (Å²) in [5, 5.41) is 0. The molecule has 1 aliphatic rings. The Hall–Kier alpha value is -4.13. The summed E-state index contributed by atoms with van der Waals surface area (Å²) in [5.74, 6) is -1.33. The first-order valence-corrected chi connectivity index (χ1v) is 12.6. The Morgan fingerprint density at radius 2 is 1.39 bits per heavy atom. The van der Waals surface area contributed by atoms with E-state index < -0.39 is 47.7 Å². The van der Waals surface area contributed by atoms with Crippen molar-refractivity contribution >= 4 is 18.0 Å². The van der Waals surface area contributed by atoms with Gasteiger partial charge in [0, 0.05) is 0 Å². The molecule has 1 heterocycles. The highest BCUT2D eigenvalue weighted by Crippen LogP contribution is 2.47. The normalized spacial score (nSPS) is 21.4. The number of benzene rings is 3. The zero-order valence-electron chi connectivity index (χ0n) is 22.1. The van der Waals surface area contributed by atoms with Crippen molar-refractivity contribution in [1.82, 2.24) is 4.90 Å². The molecule has 38 heavy (non-hydrogen) atoms. The maximum absolute atomic E-state index is 13.9. The van der Waals surface area contributed by atoms with Crippen LogP contribution in [0, 0.1) is 0 Å². The van der Waals surface area contributed by atoms with E-state index in [1.165, 1.54) is 11.8 Å². The van der Waals surface area contributed by atoms with Gasteiger partial charge in [0.1, 0.15) is 18.2 Å². The van der Waals surface area contributed by atoms with Crippen LogP contribution in [0.4, 0.5) is 4.79 Å². The standard InChI is InChI=1S/C31H33NO6/c1-30(2,3)38-25(33)20-31(4)28(34)37-27(24-18-12-7-13-19-24)26(23-16-10-6-11-17-23)32(31)29(35)36-21-22-14-8-5-9-15-22/h5-19,26-27H,20-21H2,1-4H3. The molecular formula is C31H33NO6. The third-order valence-corrected chi connectivity index (χ3v) is 6.35. The van der Waals surface area contributed by atoms with Crippen LogP contribution in [-0.2, 0) is 30.4 Å². The van der Waals surface area contributed by atoms with E-state index in [4.69, 9.17) is 14.2 Å². The third kappa shape index (κ3) is 6.05. The fourth-order valence-electron chi connectivity index (χ4n) is 4.63. The number of rotatable bonds is 6. The molecule has 4 rings (SSSR count). The van der Waals surface area contributed by atoms with E-state index in [1.54, 1.807) is 20.8 Å². The van der Waals surface area contributed by atoms with Crippen molar-refractivity contribution in [3.63, 3.8) is 0 Å². The Balaban J connectivity index is 1.79. The topological polar surface area (TPSA) is 82.1 Å². The average molecular weight is 516 g/mol. The predicted octanol–water partition coefficient (Wildman–Crippen LogP) is 6.16. The zero-order valence-corrected chi connectivity index (χ0v) is 22.1. The van der Waals surface area contributed by atoms with Crippen LogP contribution in [0.5, 0.6) is 0 Å². The van der Waals surface area contributed by atoms with Gasteiger partial charge in [-0.05, 0) is 44.4 Å². The van der Waals surface area contributed by atoms with Gasteiger partial charge < -0.3 is 14.2 Å². The number of nitrogens with zero attached hydrogens (tertiary/aromatic N) is 1. The summed E-state index contributed by atoms with van der Waals surface area (Å²) in [6.45, 7) is 6.77. The Morgan fingerprint density at radius 3 is 1.95 bits per heavy atom. The van der Waals surface area contributed by atoms with E-state index in [-0.39, 0.29) is 6.61 Å². The first-order valence-electron chi connectivity index (χ1n) is 12.6. The van der Waals surface area contributed by atoms with Crippen molar-refractivity contribution in [3.8, 4) is 0 Å². The zero-order chi connectivity index (χ0) is 27.3. The number of ether oxygens (including phenoxy) is 3. The molecule has 3 atom stereocenters. The molecular weight excluding hydrogens is 482 g/mol. The van der Waals surface area contributed by atoms with Gasteiger partial charge in [0.2, 0.25) is 0 Å². The fraction of sp³-hybridized carbons (Fsp3) is 0.323. The first-order chi connectivity index (χ1) is 18.1. The largest absolute Gasteiger partial charge is 0.460 e. The molecule has 0 aromatic heterocycles. The minimum Gasteiger partial charge on any atom is -0.460 e. The lowest BCUT2D eigenvalue weighted by Gasteiger charge is -2.49. The van der Waals surface area contributed by atoms with Gasteiger partial charge in [0.25, 0.3) is 0 Å². The van der Waals surface area contributed by atoms with E-state index in [9.17, 15) is 14.4 Å². The van der Waals surface area contributed by atoms with Gasteiger partial charge in [-0.2, -0.15) is 0 Å². The summed E-state index contributed by atoms with van der Waals surface area (Å²) in [7, 11) is 0. The van der Waals surface area contributed by atoms with Crippen molar-refractivity contribution in [3.05, 3.63) is 108 Å². The Bertz CT molecular complexity index is 1260. The van der Waals surface area contributed by atoms with Crippen LogP contribution in [-0.4, -0.2) is 34.1 Å². The number of carbonyl (C=O) groups is 3. The van der Waals surface area contributed by atoms with E-state index >= 15 is 0 Å². The molecule has 7 nitrogen and oxygen atoms in total. The number of carbonyl (C=O) groups excluding carboxylic acids is 3. The Kier molecular flexibility index (Phi) is 7.86. The molecule has 0 bridgehead atoms. The highest BCUT2D eigenvalue weighted by atomic mass is 16.6. The molecule has 7 heteroatoms. The number of hydrogen-bond donors (Lipinski definition) is 0. The van der Waals surface area contributed by atoms with Crippen molar-refractivity contribution in [2.45, 2.75) is 64.0 Å². The maximum atomic E-state index is 13.9. The molecule has 1 fully saturated rings. The maximum Gasteiger partial charge on any atom is 0.411 e. The van der Waals surface area contributed by atoms with Crippen molar-refractivity contribution < 1.29 is 28.6 Å². The molecule has 1 amide bonds. The van der Waals surface area contributed by atoms with E-state index in [0.717, 1.165) is 16.7 Å². The third-order valence-electron chi connectivity index (χ3n) is 6.35. The Morgan fingerprint density at radius 1 is 0.868 bits per heavy atom. The molecule has 0 aliphatic carbocycles. The molecule has 3 aromatic carbocycles. The molecule has 1 aliphatic heterocycles. The summed E-state index contributed by atoms with van der Waals surface area (Å²) in [6.07, 6.45) is -1.94. The first kappa shape index (κ1) is 26.9. The highest BCUT2D eigenvalue weighted by molar-refractivity contribution is 5.91. The van der Waals surface area contributed by atoms with Gasteiger partial charge in [-0.3, -0.25) is 9.69 Å². The number of amides is 1. The quantitative estimate of drug-likeness (QED) is 0.289. The SMILES string of the molecule is CC(C)(C)OC(=O)CC1(C)C(=O)OC(c2ccccc2)C(c2ccccc2)N1C(=O)OCc1ccccc1. The molecule has 198 valence electrons.